The van der Waals surface area contributed by atoms with Crippen molar-refractivity contribution in [3.63, 3.8) is 0 Å². The van der Waals surface area contributed by atoms with Gasteiger partial charge in [-0.3, -0.25) is 4.90 Å². The van der Waals surface area contributed by atoms with E-state index in [1.807, 2.05) is 0 Å². The third kappa shape index (κ3) is 2.92. The highest BCUT2D eigenvalue weighted by Crippen LogP contribution is 2.28. The predicted octanol–water partition coefficient (Wildman–Crippen LogP) is 0.704. The van der Waals surface area contributed by atoms with Crippen molar-refractivity contribution in [2.24, 2.45) is 11.7 Å². The zero-order valence-electron chi connectivity index (χ0n) is 10.4. The molecule has 2 N–H and O–H groups in total. The van der Waals surface area contributed by atoms with Crippen LogP contribution in [-0.4, -0.2) is 66.6 Å². The molecule has 2 heterocycles. The fourth-order valence-electron chi connectivity index (χ4n) is 2.91. The number of rotatable bonds is 4. The molecule has 0 aromatic carbocycles. The molecule has 4 heteroatoms. The van der Waals surface area contributed by atoms with Crippen LogP contribution in [0.1, 0.15) is 13.3 Å². The minimum Gasteiger partial charge on any atom is -0.329 e. The summed E-state index contributed by atoms with van der Waals surface area (Å²) in [6, 6.07) is 0.647. The van der Waals surface area contributed by atoms with Crippen molar-refractivity contribution < 1.29 is 0 Å². The van der Waals surface area contributed by atoms with Gasteiger partial charge >= 0.3 is 0 Å². The first-order valence-electron chi connectivity index (χ1n) is 6.59. The predicted molar refractivity (Wildman–Crippen MR) is 72.0 cm³/mol. The average Bonchev–Trinajstić information content (AvgIpc) is 2.85. The Morgan fingerprint density at radius 1 is 1.31 bits per heavy atom. The lowest BCUT2D eigenvalue weighted by molar-refractivity contribution is 0.0803. The van der Waals surface area contributed by atoms with Crippen molar-refractivity contribution in [2.45, 2.75) is 19.4 Å². The second-order valence-electron chi connectivity index (χ2n) is 4.90. The van der Waals surface area contributed by atoms with Crippen LogP contribution >= 0.6 is 11.8 Å². The molecular weight excluding hydrogens is 218 g/mol. The first-order chi connectivity index (χ1) is 7.85. The molecule has 2 atom stereocenters. The van der Waals surface area contributed by atoms with E-state index in [0.717, 1.165) is 12.5 Å². The number of hydrogen-bond donors (Lipinski definition) is 1. The van der Waals surface area contributed by atoms with Crippen molar-refractivity contribution >= 4 is 11.8 Å². The molecule has 2 rings (SSSR count). The average molecular weight is 243 g/mol. The molecule has 0 aromatic rings. The summed E-state index contributed by atoms with van der Waals surface area (Å²) in [4.78, 5) is 5.18. The molecule has 0 aliphatic carbocycles. The summed E-state index contributed by atoms with van der Waals surface area (Å²) in [5.74, 6) is 3.52. The van der Waals surface area contributed by atoms with Gasteiger partial charge in [-0.25, -0.2) is 0 Å². The van der Waals surface area contributed by atoms with Gasteiger partial charge in [0, 0.05) is 38.8 Å². The molecule has 2 aliphatic rings. The maximum Gasteiger partial charge on any atom is 0.0255 e. The van der Waals surface area contributed by atoms with Gasteiger partial charge in [-0.1, -0.05) is 6.92 Å². The van der Waals surface area contributed by atoms with E-state index in [9.17, 15) is 0 Å². The van der Waals surface area contributed by atoms with E-state index in [-0.39, 0.29) is 0 Å². The lowest BCUT2D eigenvalue weighted by Gasteiger charge is -2.40. The van der Waals surface area contributed by atoms with E-state index in [2.05, 4.69) is 28.5 Å². The van der Waals surface area contributed by atoms with Gasteiger partial charge in [-0.15, -0.1) is 0 Å². The highest BCUT2D eigenvalue weighted by Gasteiger charge is 2.30. The Hall–Kier alpha value is 0.230. The van der Waals surface area contributed by atoms with Crippen molar-refractivity contribution in [3.05, 3.63) is 0 Å². The third-order valence-corrected chi connectivity index (χ3v) is 5.26. The Morgan fingerprint density at radius 3 is 2.56 bits per heavy atom. The van der Waals surface area contributed by atoms with Crippen LogP contribution in [-0.2, 0) is 0 Å². The largest absolute Gasteiger partial charge is 0.329 e. The van der Waals surface area contributed by atoms with Crippen LogP contribution in [0.15, 0.2) is 0 Å². The number of thioether (sulfide) groups is 1. The Kier molecular flexibility index (Phi) is 4.95. The third-order valence-electron chi connectivity index (χ3n) is 4.07. The summed E-state index contributed by atoms with van der Waals surface area (Å²) in [6.45, 7) is 9.19. The number of likely N-dealkylation sites (N-methyl/N-ethyl adjacent to an activating group) is 1. The van der Waals surface area contributed by atoms with Crippen LogP contribution in [0.25, 0.3) is 0 Å². The smallest absolute Gasteiger partial charge is 0.0255 e. The minimum absolute atomic E-state index is 0.647. The molecular formula is C12H25N3S. The minimum atomic E-state index is 0.647. The summed E-state index contributed by atoms with van der Waals surface area (Å²) in [6.07, 6.45) is 1.38. The normalized spacial score (nSPS) is 30.8. The fourth-order valence-corrected chi connectivity index (χ4v) is 4.23. The van der Waals surface area contributed by atoms with Crippen LogP contribution in [0.3, 0.4) is 0 Å². The molecule has 3 nitrogen and oxygen atoms in total. The van der Waals surface area contributed by atoms with Gasteiger partial charge in [0.1, 0.15) is 0 Å². The van der Waals surface area contributed by atoms with Crippen molar-refractivity contribution in [3.8, 4) is 0 Å². The lowest BCUT2D eigenvalue weighted by atomic mass is 9.97. The molecule has 0 radical (unpaired) electrons. The standard InChI is InChI=1S/C12H25N3S/c1-2-14-4-6-15(7-5-14)12(9-13)11-3-8-16-10-11/h11-12H,2-10,13H2,1H3. The highest BCUT2D eigenvalue weighted by atomic mass is 32.2. The van der Waals surface area contributed by atoms with Gasteiger partial charge in [0.25, 0.3) is 0 Å². The zero-order chi connectivity index (χ0) is 11.4. The quantitative estimate of drug-likeness (QED) is 0.788. The van der Waals surface area contributed by atoms with Crippen LogP contribution in [0.5, 0.6) is 0 Å². The first kappa shape index (κ1) is 12.7. The molecule has 0 spiro atoms. The number of hydrogen-bond acceptors (Lipinski definition) is 4. The first-order valence-corrected chi connectivity index (χ1v) is 7.74. The van der Waals surface area contributed by atoms with Crippen molar-refractivity contribution in [2.75, 3.05) is 50.8 Å². The number of nitrogens with two attached hydrogens (primary N) is 1. The summed E-state index contributed by atoms with van der Waals surface area (Å²) < 4.78 is 0. The fraction of sp³-hybridized carbons (Fsp3) is 1.00. The Labute approximate surface area is 104 Å². The molecule has 2 fully saturated rings. The molecule has 0 amide bonds. The molecule has 0 aromatic heterocycles. The second-order valence-corrected chi connectivity index (χ2v) is 6.05. The topological polar surface area (TPSA) is 32.5 Å². The molecule has 0 saturated carbocycles. The van der Waals surface area contributed by atoms with Gasteiger partial charge in [-0.05, 0) is 30.4 Å². The monoisotopic (exact) mass is 243 g/mol. The van der Waals surface area contributed by atoms with Crippen LogP contribution in [0.2, 0.25) is 0 Å². The number of nitrogens with zero attached hydrogens (tertiary/aromatic N) is 2. The van der Waals surface area contributed by atoms with E-state index in [4.69, 9.17) is 5.73 Å². The van der Waals surface area contributed by atoms with Gasteiger partial charge in [0.2, 0.25) is 0 Å². The maximum atomic E-state index is 5.99. The van der Waals surface area contributed by atoms with E-state index in [0.29, 0.717) is 6.04 Å². The Morgan fingerprint density at radius 2 is 2.06 bits per heavy atom. The van der Waals surface area contributed by atoms with Crippen LogP contribution in [0, 0.1) is 5.92 Å². The van der Waals surface area contributed by atoms with Gasteiger partial charge in [0.05, 0.1) is 0 Å². The maximum absolute atomic E-state index is 5.99. The van der Waals surface area contributed by atoms with Crippen molar-refractivity contribution in [1.29, 1.82) is 0 Å². The van der Waals surface area contributed by atoms with Crippen molar-refractivity contribution in [1.82, 2.24) is 9.80 Å². The summed E-state index contributed by atoms with van der Waals surface area (Å²) >= 11 is 2.10. The highest BCUT2D eigenvalue weighted by molar-refractivity contribution is 7.99. The summed E-state index contributed by atoms with van der Waals surface area (Å²) in [5, 5.41) is 0. The zero-order valence-corrected chi connectivity index (χ0v) is 11.2. The Balaban J connectivity index is 1.85. The molecule has 2 saturated heterocycles. The van der Waals surface area contributed by atoms with Crippen LogP contribution < -0.4 is 5.73 Å². The molecule has 2 unspecified atom stereocenters. The van der Waals surface area contributed by atoms with E-state index < -0.39 is 0 Å². The summed E-state index contributed by atoms with van der Waals surface area (Å²) in [5.41, 5.74) is 5.99. The lowest BCUT2D eigenvalue weighted by Crippen LogP contribution is -2.54. The summed E-state index contributed by atoms with van der Waals surface area (Å²) in [7, 11) is 0. The Bertz CT molecular complexity index is 198. The second kappa shape index (κ2) is 6.24. The van der Waals surface area contributed by atoms with E-state index in [1.54, 1.807) is 0 Å². The molecule has 94 valence electrons. The SMILES string of the molecule is CCN1CCN(C(CN)C2CCSC2)CC1. The van der Waals surface area contributed by atoms with Gasteiger partial charge in [0.15, 0.2) is 0 Å². The van der Waals surface area contributed by atoms with Gasteiger partial charge < -0.3 is 10.6 Å². The van der Waals surface area contributed by atoms with E-state index >= 15 is 0 Å². The number of piperazine rings is 1. The van der Waals surface area contributed by atoms with Crippen LogP contribution in [0.4, 0.5) is 0 Å². The molecule has 16 heavy (non-hydrogen) atoms. The molecule has 0 bridgehead atoms. The molecule has 2 aliphatic heterocycles. The van der Waals surface area contributed by atoms with Gasteiger partial charge in [-0.2, -0.15) is 11.8 Å². The van der Waals surface area contributed by atoms with E-state index in [1.165, 1.54) is 50.7 Å².